The summed E-state index contributed by atoms with van der Waals surface area (Å²) in [7, 11) is 0. The Kier molecular flexibility index (Phi) is 9.03. The van der Waals surface area contributed by atoms with E-state index >= 15 is 0 Å². The number of anilines is 1. The van der Waals surface area contributed by atoms with Crippen molar-refractivity contribution >= 4 is 23.5 Å². The minimum atomic E-state index is -0.351. The number of ketones is 1. The minimum Gasteiger partial charge on any atom is -0.441 e. The molecule has 1 aliphatic carbocycles. The Bertz CT molecular complexity index is 1260. The number of carbonyl (C=O) groups excluding carboxylic acids is 3. The number of benzene rings is 2. The fourth-order valence-electron chi connectivity index (χ4n) is 7.61. The van der Waals surface area contributed by atoms with Gasteiger partial charge in [0, 0.05) is 75.2 Å². The number of piperidine rings is 2. The Labute approximate surface area is 255 Å². The van der Waals surface area contributed by atoms with Gasteiger partial charge in [-0.1, -0.05) is 42.5 Å². The first kappa shape index (κ1) is 29.7. The maximum atomic E-state index is 13.3. The second kappa shape index (κ2) is 13.1. The van der Waals surface area contributed by atoms with Crippen LogP contribution in [0.2, 0.25) is 0 Å². The van der Waals surface area contributed by atoms with E-state index in [-0.39, 0.29) is 35.2 Å². The second-order valence-electron chi connectivity index (χ2n) is 13.3. The van der Waals surface area contributed by atoms with Crippen molar-refractivity contribution in [2.24, 2.45) is 17.8 Å². The summed E-state index contributed by atoms with van der Waals surface area (Å²) in [5, 5.41) is 0. The third-order valence-corrected chi connectivity index (χ3v) is 10.4. The van der Waals surface area contributed by atoms with E-state index in [0.29, 0.717) is 25.6 Å². The molecule has 2 amide bonds. The number of nitrogens with two attached hydrogens (primary N) is 1. The third-order valence-electron chi connectivity index (χ3n) is 10.4. The van der Waals surface area contributed by atoms with Gasteiger partial charge in [0.05, 0.1) is 6.54 Å². The lowest BCUT2D eigenvalue weighted by atomic mass is 9.80. The Balaban J connectivity index is 0.905. The number of likely N-dealkylation sites (tertiary alicyclic amines) is 2. The molecule has 4 aliphatic rings. The van der Waals surface area contributed by atoms with Gasteiger partial charge in [-0.05, 0) is 68.6 Å². The molecule has 0 radical (unpaired) electrons. The molecule has 0 unspecified atom stereocenters. The first-order chi connectivity index (χ1) is 20.9. The first-order valence-electron chi connectivity index (χ1n) is 16.3. The zero-order valence-electron chi connectivity index (χ0n) is 25.3. The molecule has 230 valence electrons. The van der Waals surface area contributed by atoms with E-state index in [0.717, 1.165) is 95.2 Å². The Morgan fingerprint density at radius 3 is 2.19 bits per heavy atom. The fraction of sp³-hybridized carbons (Fsp3) is 0.571. The van der Waals surface area contributed by atoms with Gasteiger partial charge in [-0.15, -0.1) is 0 Å². The van der Waals surface area contributed by atoms with Gasteiger partial charge in [-0.3, -0.25) is 9.59 Å². The standard InChI is InChI=1S/C35H46N4O4/c36-31-12-8-26(9-13-31)14-19-37-22-17-35(18-23-37)25-39(34(42)43-35)24-27-6-10-30(11-7-27)33(41)38-20-15-29(16-21-38)32(40)28-4-2-1-3-5-28/h1-5,8-9,12-13,27,29-30H,6-7,10-11,14-25,36H2/t27-,30-. The molecule has 0 bridgehead atoms. The zero-order chi connectivity index (χ0) is 29.8. The van der Waals surface area contributed by atoms with Crippen LogP contribution in [0, 0.1) is 17.8 Å². The predicted octanol–water partition coefficient (Wildman–Crippen LogP) is 5.03. The molecule has 0 aromatic heterocycles. The monoisotopic (exact) mass is 586 g/mol. The minimum absolute atomic E-state index is 0.00697. The van der Waals surface area contributed by atoms with Crippen LogP contribution >= 0.6 is 0 Å². The molecule has 1 spiro atoms. The normalized spacial score (nSPS) is 24.7. The maximum Gasteiger partial charge on any atom is 0.410 e. The largest absolute Gasteiger partial charge is 0.441 e. The van der Waals surface area contributed by atoms with Crippen molar-refractivity contribution in [2.45, 2.75) is 63.4 Å². The van der Waals surface area contributed by atoms with E-state index < -0.39 is 0 Å². The average molecular weight is 587 g/mol. The van der Waals surface area contributed by atoms with Crippen LogP contribution in [0.1, 0.15) is 67.3 Å². The van der Waals surface area contributed by atoms with Crippen molar-refractivity contribution in [3.63, 3.8) is 0 Å². The number of Topliss-reactive ketones (excluding diaryl/α,β-unsaturated/α-hetero) is 1. The lowest BCUT2D eigenvalue weighted by Gasteiger charge is -2.38. The SMILES string of the molecule is Nc1ccc(CCN2CCC3(CC2)CN(C[C@H]2CC[C@H](C(=O)N4CCC(C(=O)c5ccccc5)CC4)CC2)C(=O)O3)cc1. The van der Waals surface area contributed by atoms with Crippen LogP contribution in [-0.4, -0.2) is 83.9 Å². The number of hydrogen-bond donors (Lipinski definition) is 1. The summed E-state index contributed by atoms with van der Waals surface area (Å²) in [5.74, 6) is 0.947. The summed E-state index contributed by atoms with van der Waals surface area (Å²) in [6, 6.07) is 17.6. The summed E-state index contributed by atoms with van der Waals surface area (Å²) in [6.07, 6.45) is 7.77. The first-order valence-corrected chi connectivity index (χ1v) is 16.3. The van der Waals surface area contributed by atoms with Gasteiger partial charge in [0.15, 0.2) is 5.78 Å². The molecule has 43 heavy (non-hydrogen) atoms. The molecule has 8 nitrogen and oxygen atoms in total. The van der Waals surface area contributed by atoms with Gasteiger partial charge in [0.2, 0.25) is 5.91 Å². The average Bonchev–Trinajstić information content (AvgIpc) is 3.35. The van der Waals surface area contributed by atoms with Crippen molar-refractivity contribution < 1.29 is 19.1 Å². The maximum absolute atomic E-state index is 13.3. The summed E-state index contributed by atoms with van der Waals surface area (Å²) in [5.41, 5.74) is 8.32. The highest BCUT2D eigenvalue weighted by molar-refractivity contribution is 5.98. The lowest BCUT2D eigenvalue weighted by Crippen LogP contribution is -2.47. The van der Waals surface area contributed by atoms with Crippen LogP contribution in [0.15, 0.2) is 54.6 Å². The van der Waals surface area contributed by atoms with E-state index in [9.17, 15) is 14.4 Å². The number of carbonyl (C=O) groups is 3. The van der Waals surface area contributed by atoms with Gasteiger partial charge >= 0.3 is 6.09 Å². The number of hydrogen-bond acceptors (Lipinski definition) is 6. The van der Waals surface area contributed by atoms with E-state index in [1.54, 1.807) is 0 Å². The summed E-state index contributed by atoms with van der Waals surface area (Å²) in [6.45, 7) is 5.65. The van der Waals surface area contributed by atoms with Crippen LogP contribution in [0.25, 0.3) is 0 Å². The van der Waals surface area contributed by atoms with Gasteiger partial charge < -0.3 is 25.2 Å². The van der Waals surface area contributed by atoms with E-state index in [2.05, 4.69) is 17.0 Å². The van der Waals surface area contributed by atoms with Crippen LogP contribution < -0.4 is 5.73 Å². The van der Waals surface area contributed by atoms with E-state index in [1.807, 2.05) is 52.3 Å². The van der Waals surface area contributed by atoms with Crippen molar-refractivity contribution in [1.82, 2.24) is 14.7 Å². The summed E-state index contributed by atoms with van der Waals surface area (Å²) in [4.78, 5) is 45.4. The van der Waals surface area contributed by atoms with Crippen LogP contribution in [0.5, 0.6) is 0 Å². The predicted molar refractivity (Wildman–Crippen MR) is 167 cm³/mol. The molecular formula is C35H46N4O4. The van der Waals surface area contributed by atoms with Crippen LogP contribution in [-0.2, 0) is 16.0 Å². The van der Waals surface area contributed by atoms with Crippen LogP contribution in [0.3, 0.4) is 0 Å². The van der Waals surface area contributed by atoms with Crippen LogP contribution in [0.4, 0.5) is 10.5 Å². The number of amides is 2. The molecule has 3 aliphatic heterocycles. The molecule has 2 N–H and O–H groups in total. The quantitative estimate of drug-likeness (QED) is 0.345. The summed E-state index contributed by atoms with van der Waals surface area (Å²) < 4.78 is 6.02. The Morgan fingerprint density at radius 1 is 0.837 bits per heavy atom. The molecule has 8 heteroatoms. The van der Waals surface area contributed by atoms with Gasteiger partial charge in [0.1, 0.15) is 5.60 Å². The van der Waals surface area contributed by atoms with Gasteiger partial charge in [-0.2, -0.15) is 0 Å². The molecule has 0 atom stereocenters. The Morgan fingerprint density at radius 2 is 1.51 bits per heavy atom. The smallest absolute Gasteiger partial charge is 0.410 e. The van der Waals surface area contributed by atoms with E-state index in [1.165, 1.54) is 5.56 Å². The highest BCUT2D eigenvalue weighted by Crippen LogP contribution is 2.37. The number of nitrogens with zero attached hydrogens (tertiary/aromatic N) is 3. The lowest BCUT2D eigenvalue weighted by molar-refractivity contribution is -0.138. The Hall–Kier alpha value is -3.39. The molecule has 2 aromatic rings. The molecule has 4 fully saturated rings. The van der Waals surface area contributed by atoms with Crippen molar-refractivity contribution in [1.29, 1.82) is 0 Å². The third kappa shape index (κ3) is 7.06. The van der Waals surface area contributed by atoms with E-state index in [4.69, 9.17) is 10.5 Å². The molecule has 1 saturated carbocycles. The topological polar surface area (TPSA) is 96.2 Å². The van der Waals surface area contributed by atoms with Gasteiger partial charge in [0.25, 0.3) is 0 Å². The number of nitrogen functional groups attached to an aromatic ring is 1. The van der Waals surface area contributed by atoms with Crippen molar-refractivity contribution in [3.8, 4) is 0 Å². The highest BCUT2D eigenvalue weighted by atomic mass is 16.6. The van der Waals surface area contributed by atoms with Gasteiger partial charge in [-0.25, -0.2) is 4.79 Å². The molecule has 2 aromatic carbocycles. The van der Waals surface area contributed by atoms with Crippen molar-refractivity contribution in [2.75, 3.05) is 51.5 Å². The highest BCUT2D eigenvalue weighted by Gasteiger charge is 2.47. The second-order valence-corrected chi connectivity index (χ2v) is 13.3. The fourth-order valence-corrected chi connectivity index (χ4v) is 7.61. The van der Waals surface area contributed by atoms with Crippen molar-refractivity contribution in [3.05, 3.63) is 65.7 Å². The molecule has 6 rings (SSSR count). The zero-order valence-corrected chi connectivity index (χ0v) is 25.3. The molecular weight excluding hydrogens is 540 g/mol. The molecule has 3 saturated heterocycles. The number of ether oxygens (including phenoxy) is 1. The summed E-state index contributed by atoms with van der Waals surface area (Å²) >= 11 is 0. The number of rotatable bonds is 8. The molecule has 3 heterocycles.